The molecular weight excluding hydrogens is 186 g/mol. The molecule has 0 aromatic rings. The predicted molar refractivity (Wildman–Crippen MR) is 40.9 cm³/mol. The molecule has 0 aromatic carbocycles. The fraction of sp³-hybridized carbons (Fsp3) is 1.00. The van der Waals surface area contributed by atoms with Crippen molar-refractivity contribution in [2.24, 2.45) is 0 Å². The third-order valence-corrected chi connectivity index (χ3v) is 2.77. The van der Waals surface area contributed by atoms with E-state index < -0.39 is 0 Å². The van der Waals surface area contributed by atoms with E-state index in [0.717, 1.165) is 62.1 Å². The van der Waals surface area contributed by atoms with E-state index in [9.17, 15) is 0 Å². The van der Waals surface area contributed by atoms with Gasteiger partial charge in [-0.15, -0.1) is 0 Å². The Bertz CT molecular complexity index is 65.8. The Morgan fingerprint density at radius 3 is 2.22 bits per heavy atom. The number of rotatable bonds is 3. The average molecular weight is 201 g/mol. The summed E-state index contributed by atoms with van der Waals surface area (Å²) < 4.78 is 6.93. The van der Waals surface area contributed by atoms with E-state index in [0.29, 0.717) is 0 Å². The Kier molecular flexibility index (Phi) is 6.48. The van der Waals surface area contributed by atoms with Crippen LogP contribution in [0.25, 0.3) is 0 Å². The van der Waals surface area contributed by atoms with Crippen molar-refractivity contribution in [3.63, 3.8) is 0 Å². The van der Waals surface area contributed by atoms with Crippen LogP contribution < -0.4 is 0 Å². The molecular formula is C7H15ORb. The zero-order valence-electron chi connectivity index (χ0n) is 7.03. The zero-order valence-corrected chi connectivity index (χ0v) is 11.9. The van der Waals surface area contributed by atoms with Gasteiger partial charge in [0, 0.05) is 0 Å². The van der Waals surface area contributed by atoms with Crippen LogP contribution in [0.2, 0.25) is -0.511 Å². The summed E-state index contributed by atoms with van der Waals surface area (Å²) in [5, 5.41) is 0. The monoisotopic (exact) mass is 200 g/mol. The normalized spacial score (nSPS) is 12.1. The van der Waals surface area contributed by atoms with Crippen molar-refractivity contribution in [1.29, 1.82) is 0 Å². The first-order valence-corrected chi connectivity index (χ1v) is 7.18. The SMILES string of the molecule is CC(C)(C)OCC[CH2][Rb]. The van der Waals surface area contributed by atoms with Crippen molar-refractivity contribution in [3.05, 3.63) is 0 Å². The minimum atomic E-state index is 0.0741. The van der Waals surface area contributed by atoms with Crippen molar-refractivity contribution in [2.45, 2.75) is 32.3 Å². The van der Waals surface area contributed by atoms with E-state index in [1.165, 1.54) is 5.91 Å². The summed E-state index contributed by atoms with van der Waals surface area (Å²) in [5.41, 5.74) is 0.0741. The Balaban J connectivity index is 3.07. The van der Waals surface area contributed by atoms with E-state index in [4.69, 9.17) is 4.74 Å². The molecule has 0 aromatic heterocycles. The molecule has 0 fully saturated rings. The summed E-state index contributed by atoms with van der Waals surface area (Å²) >= 11 is 0.868. The van der Waals surface area contributed by atoms with Crippen LogP contribution in [0.3, 0.4) is 0 Å². The summed E-state index contributed by atoms with van der Waals surface area (Å²) in [6.45, 7) is 7.26. The summed E-state index contributed by atoms with van der Waals surface area (Å²) in [6.07, 6.45) is 1.27. The Morgan fingerprint density at radius 1 is 1.33 bits per heavy atom. The van der Waals surface area contributed by atoms with Crippen LogP contribution in [0.4, 0.5) is 0 Å². The maximum absolute atomic E-state index is 5.50. The van der Waals surface area contributed by atoms with Crippen molar-refractivity contribution < 1.29 is 4.74 Å². The molecule has 0 radical (unpaired) electrons. The molecule has 0 aliphatic rings. The van der Waals surface area contributed by atoms with Crippen LogP contribution in [-0.2, 0) is 4.74 Å². The van der Waals surface area contributed by atoms with E-state index in [-0.39, 0.29) is 5.60 Å². The van der Waals surface area contributed by atoms with Crippen LogP contribution in [0.5, 0.6) is 0 Å². The number of ether oxygens (including phenoxy) is 1. The number of hydrogen-bond donors (Lipinski definition) is 0. The van der Waals surface area contributed by atoms with Crippen LogP contribution in [-0.4, -0.2) is 67.7 Å². The van der Waals surface area contributed by atoms with Gasteiger partial charge in [-0.25, -0.2) is 0 Å². The quantitative estimate of drug-likeness (QED) is 0.632. The molecule has 0 aliphatic heterocycles. The molecule has 50 valence electrons. The standard InChI is InChI=1S/C7H15O.Rb/c1-5-6-8-7(2,3)4;/h1,5-6H2,2-4H3;. The zero-order chi connectivity index (χ0) is 7.33. The van der Waals surface area contributed by atoms with Gasteiger partial charge in [-0.3, -0.25) is 0 Å². The second kappa shape index (κ2) is 5.42. The molecule has 0 heterocycles. The van der Waals surface area contributed by atoms with Gasteiger partial charge in [-0.1, -0.05) is 0 Å². The van der Waals surface area contributed by atoms with Gasteiger partial charge in [0.1, 0.15) is 0 Å². The summed E-state index contributed by atoms with van der Waals surface area (Å²) in [5.74, 6) is 0. The van der Waals surface area contributed by atoms with Crippen molar-refractivity contribution in [2.75, 3.05) is 6.61 Å². The predicted octanol–water partition coefficient (Wildman–Crippen LogP) is 1.78. The molecule has 0 rings (SSSR count). The Morgan fingerprint density at radius 2 is 1.89 bits per heavy atom. The second-order valence-electron chi connectivity index (χ2n) is 3.31. The van der Waals surface area contributed by atoms with Gasteiger partial charge < -0.3 is 0 Å². The van der Waals surface area contributed by atoms with Gasteiger partial charge >= 0.3 is 99.2 Å². The van der Waals surface area contributed by atoms with Crippen LogP contribution in [0.15, 0.2) is 0 Å². The molecule has 0 aliphatic carbocycles. The molecule has 0 atom stereocenters. The maximum atomic E-state index is 5.50. The van der Waals surface area contributed by atoms with Crippen molar-refractivity contribution in [3.8, 4) is 0 Å². The molecule has 1 nitrogen and oxygen atoms in total. The van der Waals surface area contributed by atoms with Gasteiger partial charge in [-0.2, -0.15) is 0 Å². The molecule has 0 N–H and O–H groups in total. The van der Waals surface area contributed by atoms with Gasteiger partial charge in [0.15, 0.2) is 0 Å². The fourth-order valence-electron chi connectivity index (χ4n) is 0.523. The first kappa shape index (κ1) is 10.8. The van der Waals surface area contributed by atoms with Gasteiger partial charge in [0.25, 0.3) is 0 Å². The molecule has 0 bridgehead atoms. The van der Waals surface area contributed by atoms with E-state index in [1.807, 2.05) is 0 Å². The van der Waals surface area contributed by atoms with Crippen LogP contribution in [0.1, 0.15) is 27.2 Å². The Hall–Kier alpha value is 1.77. The third kappa shape index (κ3) is 9.77. The summed E-state index contributed by atoms with van der Waals surface area (Å²) in [4.78, 5) is 0. The van der Waals surface area contributed by atoms with Gasteiger partial charge in [-0.05, 0) is 0 Å². The van der Waals surface area contributed by atoms with Crippen molar-refractivity contribution in [1.82, 2.24) is 0 Å². The molecule has 0 unspecified atom stereocenters. The third-order valence-electron chi connectivity index (χ3n) is 1.03. The second-order valence-corrected chi connectivity index (χ2v) is 5.77. The molecule has 0 spiro atoms. The first-order valence-electron chi connectivity index (χ1n) is 3.70. The summed E-state index contributed by atoms with van der Waals surface area (Å²) in [6, 6.07) is 0. The van der Waals surface area contributed by atoms with Crippen LogP contribution in [0, 0.1) is 0 Å². The minimum absolute atomic E-state index is 0.0741. The molecule has 2 heteroatoms. The Labute approximate surface area is 97.3 Å². The van der Waals surface area contributed by atoms with Gasteiger partial charge in [0.2, 0.25) is 0 Å². The first-order chi connectivity index (χ1) is 4.06. The average Bonchev–Trinajstić information content (AvgIpc) is 1.63. The number of hydrogen-bond acceptors (Lipinski definition) is 1. The topological polar surface area (TPSA) is 9.23 Å². The molecule has 0 amide bonds. The van der Waals surface area contributed by atoms with E-state index in [1.54, 1.807) is 0 Å². The molecule has 0 saturated carbocycles. The molecule has 0 saturated heterocycles. The summed E-state index contributed by atoms with van der Waals surface area (Å²) in [7, 11) is 0. The van der Waals surface area contributed by atoms with E-state index >= 15 is 0 Å². The van der Waals surface area contributed by atoms with Crippen molar-refractivity contribution >= 4 is 55.5 Å². The van der Waals surface area contributed by atoms with Crippen LogP contribution >= 0.6 is 0 Å². The van der Waals surface area contributed by atoms with Gasteiger partial charge in [0.05, 0.1) is 0 Å². The fourth-order valence-corrected chi connectivity index (χ4v) is 1.23. The van der Waals surface area contributed by atoms with E-state index in [2.05, 4.69) is 20.8 Å². The molecule has 9 heavy (non-hydrogen) atoms.